The molecule has 0 aliphatic heterocycles. The molecule has 0 radical (unpaired) electrons. The lowest BCUT2D eigenvalue weighted by Gasteiger charge is -2.31. The zero-order valence-electron chi connectivity index (χ0n) is 26.4. The molecule has 2 fully saturated rings. The molecule has 0 bridgehead atoms. The number of benzene rings is 1. The summed E-state index contributed by atoms with van der Waals surface area (Å²) in [5.41, 5.74) is 1.11. The molecule has 1 aromatic carbocycles. The van der Waals surface area contributed by atoms with Gasteiger partial charge in [0.05, 0.1) is 0 Å². The molecule has 41 heavy (non-hydrogen) atoms. The minimum Gasteiger partial charge on any atom is -0.406 e. The fourth-order valence-electron chi connectivity index (χ4n) is 7.76. The lowest BCUT2D eigenvalue weighted by atomic mass is 9.47. The summed E-state index contributed by atoms with van der Waals surface area (Å²) in [6.07, 6.45) is 30.2. The smallest absolute Gasteiger partial charge is 0.406 e. The first-order valence-electron chi connectivity index (χ1n) is 17.7. The Morgan fingerprint density at radius 1 is 0.610 bits per heavy atom. The van der Waals surface area contributed by atoms with E-state index in [4.69, 9.17) is 0 Å². The van der Waals surface area contributed by atoms with Crippen molar-refractivity contribution >= 4 is 7.28 Å². The Morgan fingerprint density at radius 2 is 0.976 bits per heavy atom. The van der Waals surface area contributed by atoms with Crippen molar-refractivity contribution in [3.8, 4) is 5.75 Å². The van der Waals surface area contributed by atoms with Crippen molar-refractivity contribution in [2.45, 2.75) is 179 Å². The quantitative estimate of drug-likeness (QED) is 0.317. The average molecular weight is 577 g/mol. The van der Waals surface area contributed by atoms with Crippen LogP contribution in [-0.2, 0) is 6.32 Å². The summed E-state index contributed by atoms with van der Waals surface area (Å²) >= 11 is 0. The molecular formula is C36H60BF3O. The Labute approximate surface area is 251 Å². The van der Waals surface area contributed by atoms with Crippen LogP contribution in [0.25, 0.3) is 0 Å². The Bertz CT molecular complexity index is 763. The van der Waals surface area contributed by atoms with Gasteiger partial charge in [0.1, 0.15) is 13.0 Å². The van der Waals surface area contributed by atoms with Gasteiger partial charge in [0.15, 0.2) is 0 Å². The minimum atomic E-state index is -4.63. The summed E-state index contributed by atoms with van der Waals surface area (Å²) in [5.74, 6) is 1.80. The molecule has 0 spiro atoms. The average Bonchev–Trinajstić information content (AvgIpc) is 2.96. The number of halogens is 3. The van der Waals surface area contributed by atoms with Gasteiger partial charge in [0.2, 0.25) is 0 Å². The second-order valence-electron chi connectivity index (χ2n) is 14.0. The number of ether oxygens (including phenoxy) is 1. The number of hydrogen-bond acceptors (Lipinski definition) is 1. The highest BCUT2D eigenvalue weighted by atomic mass is 19.4. The van der Waals surface area contributed by atoms with E-state index < -0.39 is 6.36 Å². The van der Waals surface area contributed by atoms with Crippen molar-refractivity contribution in [3.63, 3.8) is 0 Å². The number of rotatable bonds is 5. The van der Waals surface area contributed by atoms with E-state index in [0.29, 0.717) is 5.31 Å². The van der Waals surface area contributed by atoms with Crippen LogP contribution in [0.2, 0.25) is 5.31 Å². The fourth-order valence-corrected chi connectivity index (χ4v) is 7.76. The van der Waals surface area contributed by atoms with Crippen molar-refractivity contribution in [2.75, 3.05) is 0 Å². The predicted molar refractivity (Wildman–Crippen MR) is 170 cm³/mol. The Hall–Kier alpha value is -1.13. The van der Waals surface area contributed by atoms with Crippen molar-refractivity contribution in [3.05, 3.63) is 29.8 Å². The molecule has 1 nitrogen and oxygen atoms in total. The fraction of sp³-hybridized carbons (Fsp3) is 0.833. The van der Waals surface area contributed by atoms with E-state index in [-0.39, 0.29) is 5.75 Å². The third-order valence-corrected chi connectivity index (χ3v) is 10.5. The first-order valence-corrected chi connectivity index (χ1v) is 17.7. The van der Waals surface area contributed by atoms with Crippen molar-refractivity contribution in [1.29, 1.82) is 0 Å². The second-order valence-corrected chi connectivity index (χ2v) is 14.0. The summed E-state index contributed by atoms with van der Waals surface area (Å²) < 4.78 is 41.5. The molecule has 0 heterocycles. The van der Waals surface area contributed by atoms with Gasteiger partial charge in [-0.3, -0.25) is 0 Å². The molecule has 0 unspecified atom stereocenters. The minimum absolute atomic E-state index is 0.130. The van der Waals surface area contributed by atoms with Crippen molar-refractivity contribution in [1.82, 2.24) is 0 Å². The van der Waals surface area contributed by atoms with E-state index in [1.54, 1.807) is 12.1 Å². The van der Waals surface area contributed by atoms with E-state index in [1.165, 1.54) is 166 Å². The summed E-state index contributed by atoms with van der Waals surface area (Å²) in [6.45, 7) is 2.46. The van der Waals surface area contributed by atoms with Gasteiger partial charge < -0.3 is 4.74 Å². The van der Waals surface area contributed by atoms with Gasteiger partial charge in [-0.05, 0) is 24.0 Å². The van der Waals surface area contributed by atoms with E-state index in [1.807, 2.05) is 0 Å². The molecular weight excluding hydrogens is 516 g/mol. The Morgan fingerprint density at radius 3 is 1.37 bits per heavy atom. The van der Waals surface area contributed by atoms with Crippen LogP contribution >= 0.6 is 0 Å². The first-order chi connectivity index (χ1) is 19.8. The van der Waals surface area contributed by atoms with Gasteiger partial charge in [-0.2, -0.15) is 0 Å². The van der Waals surface area contributed by atoms with Gasteiger partial charge in [0.25, 0.3) is 0 Å². The first kappa shape index (κ1) is 34.4. The molecule has 234 valence electrons. The van der Waals surface area contributed by atoms with Gasteiger partial charge in [0, 0.05) is 0 Å². The molecule has 0 saturated heterocycles. The molecule has 2 saturated carbocycles. The molecule has 5 heteroatoms. The van der Waals surface area contributed by atoms with Gasteiger partial charge in [-0.25, -0.2) is 0 Å². The SMILES string of the molecule is CC1(BCc2ccc(OC(F)(F)F)cc2)CCCCCCC(C2CCCCCCCCCCCC2)CCCCCC1. The zero-order chi connectivity index (χ0) is 29.2. The molecule has 1 aromatic rings. The zero-order valence-corrected chi connectivity index (χ0v) is 26.4. The van der Waals surface area contributed by atoms with Gasteiger partial charge in [-0.1, -0.05) is 190 Å². The lowest BCUT2D eigenvalue weighted by Crippen LogP contribution is -2.20. The molecule has 2 aliphatic rings. The summed E-state index contributed by atoms with van der Waals surface area (Å²) in [5, 5.41) is 0.320. The van der Waals surface area contributed by atoms with E-state index >= 15 is 0 Å². The predicted octanol–water partition coefficient (Wildman–Crippen LogP) is 12.3. The van der Waals surface area contributed by atoms with Gasteiger partial charge in [-0.15, -0.1) is 13.2 Å². The topological polar surface area (TPSA) is 9.23 Å². The molecule has 3 rings (SSSR count). The summed E-state index contributed by atoms with van der Waals surface area (Å²) in [7, 11) is 1.11. The van der Waals surface area contributed by atoms with Crippen LogP contribution < -0.4 is 4.74 Å². The number of hydrogen-bond donors (Lipinski definition) is 0. The second kappa shape index (κ2) is 19.2. The van der Waals surface area contributed by atoms with Crippen LogP contribution in [0, 0.1) is 11.8 Å². The maximum absolute atomic E-state index is 12.5. The van der Waals surface area contributed by atoms with Crippen molar-refractivity contribution in [2.24, 2.45) is 11.8 Å². The standard InChI is InChI=1S/C36H60BF3O/c1-35(37-30-31-24-26-34(27-25-31)41-36(38,39)40)28-18-12-10-16-22-33(23-17-11-13-19-29-35)32-20-14-8-6-4-2-3-5-7-9-15-21-32/h24-27,32-33,37H,2-23,28-30H2,1H3. The maximum Gasteiger partial charge on any atom is 0.573 e. The number of alkyl halides is 3. The normalized spacial score (nSPS) is 26.5. The largest absolute Gasteiger partial charge is 0.573 e. The Kier molecular flexibility index (Phi) is 16.1. The Balaban J connectivity index is 1.47. The molecule has 0 amide bonds. The summed E-state index contributed by atoms with van der Waals surface area (Å²) in [6, 6.07) is 6.51. The van der Waals surface area contributed by atoms with Crippen LogP contribution in [0.4, 0.5) is 13.2 Å². The molecule has 0 N–H and O–H groups in total. The highest BCUT2D eigenvalue weighted by Crippen LogP contribution is 2.40. The van der Waals surface area contributed by atoms with Crippen molar-refractivity contribution < 1.29 is 17.9 Å². The van der Waals surface area contributed by atoms with Crippen LogP contribution in [0.3, 0.4) is 0 Å². The maximum atomic E-state index is 12.5. The van der Waals surface area contributed by atoms with E-state index in [9.17, 15) is 13.2 Å². The molecule has 2 aliphatic carbocycles. The molecule has 0 aromatic heterocycles. The lowest BCUT2D eigenvalue weighted by molar-refractivity contribution is -0.274. The van der Waals surface area contributed by atoms with Gasteiger partial charge >= 0.3 is 6.36 Å². The highest BCUT2D eigenvalue weighted by molar-refractivity contribution is 6.39. The van der Waals surface area contributed by atoms with Crippen LogP contribution in [-0.4, -0.2) is 13.6 Å². The third-order valence-electron chi connectivity index (χ3n) is 10.5. The van der Waals surface area contributed by atoms with E-state index in [0.717, 1.165) is 31.0 Å². The summed E-state index contributed by atoms with van der Waals surface area (Å²) in [4.78, 5) is 0. The third kappa shape index (κ3) is 15.3. The van der Waals surface area contributed by atoms with E-state index in [2.05, 4.69) is 11.7 Å². The van der Waals surface area contributed by atoms with Crippen LogP contribution in [0.5, 0.6) is 5.75 Å². The molecule has 0 atom stereocenters. The monoisotopic (exact) mass is 576 g/mol. The van der Waals surface area contributed by atoms with Crippen LogP contribution in [0.1, 0.15) is 167 Å². The highest BCUT2D eigenvalue weighted by Gasteiger charge is 2.31. The van der Waals surface area contributed by atoms with Crippen LogP contribution in [0.15, 0.2) is 24.3 Å².